The third-order valence-corrected chi connectivity index (χ3v) is 5.74. The number of fused-ring (bicyclic) bond motifs is 1. The van der Waals surface area contributed by atoms with Crippen LogP contribution in [0.3, 0.4) is 0 Å². The number of hydrogen-bond acceptors (Lipinski definition) is 5. The summed E-state index contributed by atoms with van der Waals surface area (Å²) in [7, 11) is 0. The van der Waals surface area contributed by atoms with Gasteiger partial charge in [-0.1, -0.05) is 48.5 Å². The van der Waals surface area contributed by atoms with Crippen LogP contribution < -0.4 is 9.47 Å². The second-order valence-corrected chi connectivity index (χ2v) is 8.25. The molecule has 184 valence electrons. The lowest BCUT2D eigenvalue weighted by Gasteiger charge is -2.18. The van der Waals surface area contributed by atoms with E-state index in [1.165, 1.54) is 12.2 Å². The molecule has 4 aromatic rings. The number of rotatable bonds is 7. The number of carbonyl (C=O) groups is 2. The summed E-state index contributed by atoms with van der Waals surface area (Å²) < 4.78 is 11.4. The number of ether oxygens (including phenoxy) is 2. The highest BCUT2D eigenvalue weighted by atomic mass is 16.6. The molecule has 8 heteroatoms. The van der Waals surface area contributed by atoms with E-state index in [0.717, 1.165) is 45.7 Å². The van der Waals surface area contributed by atoms with Crippen LogP contribution in [0.1, 0.15) is 11.1 Å². The average molecular weight is 495 g/mol. The maximum atomic E-state index is 10.8. The molecule has 0 radical (unpaired) electrons. The molecule has 0 amide bonds. The van der Waals surface area contributed by atoms with Crippen LogP contribution in [0.4, 0.5) is 0 Å². The highest BCUT2D eigenvalue weighted by molar-refractivity contribution is 5.87. The normalized spacial score (nSPS) is 12.8. The van der Waals surface area contributed by atoms with E-state index in [4.69, 9.17) is 24.7 Å². The first kappa shape index (κ1) is 23.6. The van der Waals surface area contributed by atoms with E-state index in [2.05, 4.69) is 4.98 Å². The highest BCUT2D eigenvalue weighted by Gasteiger charge is 2.18. The predicted octanol–water partition coefficient (Wildman–Crippen LogP) is 5.38. The first-order valence-electron chi connectivity index (χ1n) is 11.5. The van der Waals surface area contributed by atoms with Gasteiger partial charge in [-0.15, -0.1) is 0 Å². The fourth-order valence-corrected chi connectivity index (χ4v) is 3.97. The molecule has 1 aromatic heterocycles. The molecule has 0 unspecified atom stereocenters. The molecule has 0 aliphatic carbocycles. The van der Waals surface area contributed by atoms with Crippen molar-refractivity contribution < 1.29 is 29.3 Å². The summed E-state index contributed by atoms with van der Waals surface area (Å²) in [6.45, 7) is 0.993. The van der Waals surface area contributed by atoms with Crippen molar-refractivity contribution in [3.05, 3.63) is 90.0 Å². The van der Waals surface area contributed by atoms with Gasteiger partial charge in [0, 0.05) is 28.8 Å². The number of imidazole rings is 1. The summed E-state index contributed by atoms with van der Waals surface area (Å²) in [6, 6.07) is 20.6. The van der Waals surface area contributed by atoms with Crippen molar-refractivity contribution in [1.29, 1.82) is 0 Å². The van der Waals surface area contributed by atoms with E-state index in [1.54, 1.807) is 0 Å². The largest absolute Gasteiger partial charge is 0.486 e. The van der Waals surface area contributed by atoms with Crippen LogP contribution in [0.2, 0.25) is 0 Å². The van der Waals surface area contributed by atoms with Gasteiger partial charge in [-0.2, -0.15) is 0 Å². The van der Waals surface area contributed by atoms with Crippen molar-refractivity contribution in [3.8, 4) is 45.4 Å². The van der Waals surface area contributed by atoms with Crippen LogP contribution in [0.5, 0.6) is 11.5 Å². The minimum Gasteiger partial charge on any atom is -0.486 e. The van der Waals surface area contributed by atoms with Crippen LogP contribution in [0, 0.1) is 0 Å². The zero-order chi connectivity index (χ0) is 25.8. The van der Waals surface area contributed by atoms with Gasteiger partial charge < -0.3 is 24.7 Å². The summed E-state index contributed by atoms with van der Waals surface area (Å²) >= 11 is 0. The minimum absolute atomic E-state index is 0.483. The molecular weight excluding hydrogens is 472 g/mol. The zero-order valence-corrected chi connectivity index (χ0v) is 19.5. The van der Waals surface area contributed by atoms with Crippen LogP contribution in [0.15, 0.2) is 78.9 Å². The van der Waals surface area contributed by atoms with Crippen molar-refractivity contribution >= 4 is 24.1 Å². The maximum Gasteiger partial charge on any atom is 0.328 e. The van der Waals surface area contributed by atoms with Gasteiger partial charge in [-0.25, -0.2) is 14.6 Å². The first-order valence-corrected chi connectivity index (χ1v) is 11.5. The quantitative estimate of drug-likeness (QED) is 0.295. The van der Waals surface area contributed by atoms with E-state index >= 15 is 0 Å². The van der Waals surface area contributed by atoms with E-state index in [0.29, 0.717) is 36.2 Å². The third kappa shape index (κ3) is 5.43. The van der Waals surface area contributed by atoms with E-state index in [-0.39, 0.29) is 0 Å². The lowest BCUT2D eigenvalue weighted by molar-refractivity contribution is -0.132. The summed E-state index contributed by atoms with van der Waals surface area (Å²) in [5.74, 6) is -0.0221. The monoisotopic (exact) mass is 494 g/mol. The Balaban J connectivity index is 1.56. The molecule has 3 N–H and O–H groups in total. The number of aliphatic carboxylic acids is 2. The van der Waals surface area contributed by atoms with Gasteiger partial charge in [0.25, 0.3) is 0 Å². The molecule has 3 aromatic carbocycles. The van der Waals surface area contributed by atoms with Crippen molar-refractivity contribution in [2.45, 2.75) is 0 Å². The number of nitrogens with one attached hydrogen (secondary N) is 1. The molecule has 0 fully saturated rings. The summed E-state index contributed by atoms with van der Waals surface area (Å²) in [6.07, 6.45) is 5.25. The summed E-state index contributed by atoms with van der Waals surface area (Å²) in [5.41, 5.74) is 5.56. The van der Waals surface area contributed by atoms with Crippen molar-refractivity contribution in [2.75, 3.05) is 13.2 Å². The second-order valence-electron chi connectivity index (χ2n) is 8.25. The molecule has 1 aliphatic rings. The second kappa shape index (κ2) is 10.2. The fraction of sp³-hybridized carbons (Fsp3) is 0.0690. The third-order valence-electron chi connectivity index (χ3n) is 5.74. The minimum atomic E-state index is -1.01. The Morgan fingerprint density at radius 2 is 1.27 bits per heavy atom. The summed E-state index contributed by atoms with van der Waals surface area (Å²) in [4.78, 5) is 30.0. The molecule has 8 nitrogen and oxygen atoms in total. The van der Waals surface area contributed by atoms with Gasteiger partial charge in [-0.05, 0) is 41.5 Å². The number of hydrogen-bond donors (Lipinski definition) is 3. The lowest BCUT2D eigenvalue weighted by Crippen LogP contribution is -2.15. The van der Waals surface area contributed by atoms with Crippen LogP contribution >= 0.6 is 0 Å². The zero-order valence-electron chi connectivity index (χ0n) is 19.5. The highest BCUT2D eigenvalue weighted by Crippen LogP contribution is 2.37. The van der Waals surface area contributed by atoms with E-state index in [1.807, 2.05) is 66.7 Å². The van der Waals surface area contributed by atoms with Gasteiger partial charge in [0.2, 0.25) is 0 Å². The Morgan fingerprint density at radius 1 is 0.730 bits per heavy atom. The Hall–Kier alpha value is -5.11. The number of benzene rings is 3. The fourth-order valence-electron chi connectivity index (χ4n) is 3.97. The van der Waals surface area contributed by atoms with Gasteiger partial charge in [-0.3, -0.25) is 0 Å². The van der Waals surface area contributed by atoms with Crippen LogP contribution in [-0.2, 0) is 9.59 Å². The first-order chi connectivity index (χ1) is 18.0. The molecule has 5 rings (SSSR count). The Kier molecular flexibility index (Phi) is 6.54. The smallest absolute Gasteiger partial charge is 0.328 e. The Morgan fingerprint density at radius 3 is 1.86 bits per heavy atom. The molecule has 0 saturated heterocycles. The number of H-pyrrole nitrogens is 1. The predicted molar refractivity (Wildman–Crippen MR) is 139 cm³/mol. The molecule has 0 saturated carbocycles. The Labute approximate surface area is 212 Å². The van der Waals surface area contributed by atoms with Crippen molar-refractivity contribution in [2.24, 2.45) is 0 Å². The van der Waals surface area contributed by atoms with Gasteiger partial charge in [0.15, 0.2) is 11.5 Å². The van der Waals surface area contributed by atoms with Crippen molar-refractivity contribution in [1.82, 2.24) is 9.97 Å². The van der Waals surface area contributed by atoms with Gasteiger partial charge in [0.05, 0.1) is 11.4 Å². The molecule has 0 spiro atoms. The molecule has 2 heterocycles. The summed E-state index contributed by atoms with van der Waals surface area (Å²) in [5, 5.41) is 17.8. The number of carboxylic acid groups (broad SMARTS) is 2. The van der Waals surface area contributed by atoms with E-state index < -0.39 is 11.9 Å². The number of aromatic amines is 1. The lowest BCUT2D eigenvalue weighted by atomic mass is 10.0. The molecule has 0 bridgehead atoms. The van der Waals surface area contributed by atoms with Gasteiger partial charge >= 0.3 is 11.9 Å². The average Bonchev–Trinajstić information content (AvgIpc) is 3.36. The van der Waals surface area contributed by atoms with Crippen LogP contribution in [-0.4, -0.2) is 45.3 Å². The van der Waals surface area contributed by atoms with E-state index in [9.17, 15) is 9.59 Å². The number of nitrogens with zero attached hydrogens (tertiary/aromatic N) is 1. The molecule has 0 atom stereocenters. The SMILES string of the molecule is O=C(O)/C=C/c1ccc(-c2nc(-c3ccc4c(c3)OCCO4)[nH]c2-c2ccc(/C=C/C(=O)O)cc2)cc1. The number of aromatic nitrogens is 2. The van der Waals surface area contributed by atoms with Gasteiger partial charge in [0.1, 0.15) is 19.0 Å². The molecular formula is C29H22N2O6. The molecule has 37 heavy (non-hydrogen) atoms. The standard InChI is InChI=1S/C29H22N2O6/c32-25(33)13-5-18-1-7-20(8-2-18)27-28(21-9-3-19(4-10-21)6-14-26(34)35)31-29(30-27)22-11-12-23-24(17-22)37-16-15-36-23/h1-14,17H,15-16H2,(H,30,31)(H,32,33)(H,34,35)/b13-5+,14-6+. The number of carboxylic acids is 2. The Bertz CT molecular complexity index is 1430. The van der Waals surface area contributed by atoms with Crippen molar-refractivity contribution in [3.63, 3.8) is 0 Å². The topological polar surface area (TPSA) is 122 Å². The van der Waals surface area contributed by atoms with Crippen LogP contribution in [0.25, 0.3) is 46.1 Å². The molecule has 1 aliphatic heterocycles. The maximum absolute atomic E-state index is 10.8.